The van der Waals surface area contributed by atoms with Gasteiger partial charge in [-0.05, 0) is 84.0 Å². The fraction of sp³-hybridized carbons (Fsp3) is 0.346. The average molecular weight is 452 g/mol. The van der Waals surface area contributed by atoms with Crippen molar-refractivity contribution in [2.75, 3.05) is 19.7 Å². The summed E-state index contributed by atoms with van der Waals surface area (Å²) >= 11 is 1.80. The highest BCUT2D eigenvalue weighted by Crippen LogP contribution is 2.45. The minimum atomic E-state index is -1.23. The van der Waals surface area contributed by atoms with Crippen LogP contribution in [0.15, 0.2) is 59.5 Å². The fourth-order valence-electron chi connectivity index (χ4n) is 4.32. The number of hydrogen-bond donors (Lipinski definition) is 1. The molecule has 0 aromatic heterocycles. The number of aromatic carboxylic acids is 1. The van der Waals surface area contributed by atoms with Gasteiger partial charge in [0.05, 0.1) is 12.2 Å². The molecule has 1 aliphatic heterocycles. The van der Waals surface area contributed by atoms with Gasteiger partial charge in [-0.15, -0.1) is 0 Å². The molecule has 0 atom stereocenters. The second kappa shape index (κ2) is 9.12. The molecule has 2 aliphatic rings. The van der Waals surface area contributed by atoms with Crippen molar-refractivity contribution in [2.24, 2.45) is 5.92 Å². The summed E-state index contributed by atoms with van der Waals surface area (Å²) in [5.41, 5.74) is 0.575. The van der Waals surface area contributed by atoms with Crippen LogP contribution >= 0.6 is 11.9 Å². The van der Waals surface area contributed by atoms with Crippen molar-refractivity contribution in [3.05, 3.63) is 71.5 Å². The van der Waals surface area contributed by atoms with Crippen LogP contribution in [0.3, 0.4) is 0 Å². The summed E-state index contributed by atoms with van der Waals surface area (Å²) in [6.07, 6.45) is 4.06. The maximum absolute atomic E-state index is 14.2. The monoisotopic (exact) mass is 451 g/mol. The Bertz CT molecular complexity index is 1140. The Morgan fingerprint density at radius 2 is 1.78 bits per heavy atom. The smallest absolute Gasteiger partial charge is 0.338 e. The van der Waals surface area contributed by atoms with E-state index in [0.29, 0.717) is 24.2 Å². The number of fused-ring (bicyclic) bond motifs is 1. The largest absolute Gasteiger partial charge is 0.493 e. The molecule has 0 unspecified atom stereocenters. The highest BCUT2D eigenvalue weighted by atomic mass is 32.2. The Hall–Kier alpha value is -2.57. The number of piperidine rings is 1. The minimum absolute atomic E-state index is 0.265. The maximum atomic E-state index is 14.2. The molecule has 6 heteroatoms. The van der Waals surface area contributed by atoms with E-state index in [1.165, 1.54) is 27.8 Å². The predicted molar refractivity (Wildman–Crippen MR) is 125 cm³/mol. The number of nitrogens with zero attached hydrogens (tertiary/aromatic N) is 1. The molecule has 5 rings (SSSR count). The van der Waals surface area contributed by atoms with Gasteiger partial charge < -0.3 is 9.84 Å². The van der Waals surface area contributed by atoms with Crippen molar-refractivity contribution >= 4 is 28.7 Å². The third-order valence-corrected chi connectivity index (χ3v) is 7.44. The minimum Gasteiger partial charge on any atom is -0.493 e. The van der Waals surface area contributed by atoms with E-state index in [4.69, 9.17) is 4.74 Å². The summed E-state index contributed by atoms with van der Waals surface area (Å²) < 4.78 is 22.7. The van der Waals surface area contributed by atoms with E-state index in [-0.39, 0.29) is 5.56 Å². The summed E-state index contributed by atoms with van der Waals surface area (Å²) in [7, 11) is 0. The quantitative estimate of drug-likeness (QED) is 0.424. The van der Waals surface area contributed by atoms with Gasteiger partial charge >= 0.3 is 5.97 Å². The van der Waals surface area contributed by atoms with Crippen molar-refractivity contribution < 1.29 is 19.0 Å². The second-order valence-electron chi connectivity index (χ2n) is 8.73. The summed E-state index contributed by atoms with van der Waals surface area (Å²) in [6, 6.07) is 17.7. The molecule has 32 heavy (non-hydrogen) atoms. The first-order chi connectivity index (χ1) is 15.6. The lowest BCUT2D eigenvalue weighted by Gasteiger charge is -2.31. The maximum Gasteiger partial charge on any atom is 0.338 e. The van der Waals surface area contributed by atoms with Crippen LogP contribution in [0.5, 0.6) is 5.75 Å². The molecule has 3 aromatic carbocycles. The number of ether oxygens (including phenoxy) is 1. The van der Waals surface area contributed by atoms with Gasteiger partial charge in [0.15, 0.2) is 0 Å². The van der Waals surface area contributed by atoms with E-state index in [1.807, 2.05) is 0 Å². The third-order valence-electron chi connectivity index (χ3n) is 6.35. The number of carbonyl (C=O) groups is 1. The Labute approximate surface area is 191 Å². The number of hydrogen-bond acceptors (Lipinski definition) is 4. The van der Waals surface area contributed by atoms with Gasteiger partial charge in [-0.3, -0.25) is 0 Å². The van der Waals surface area contributed by atoms with Gasteiger partial charge in [0.2, 0.25) is 0 Å². The van der Waals surface area contributed by atoms with E-state index in [1.54, 1.807) is 11.9 Å². The fourth-order valence-corrected chi connectivity index (χ4v) is 5.32. The standard InChI is InChI=1S/C26H26FNO3S/c27-24-15-25(22(19-5-6-19)14-23(24)26(29)30)31-16-17-9-11-28(12-10-17)32-21-8-7-18-3-1-2-4-20(18)13-21/h1-4,7-8,13-15,17,19H,5-6,9-12,16H2,(H,29,30). The molecular formula is C26H26FNO3S. The van der Waals surface area contributed by atoms with Crippen LogP contribution in [0.1, 0.15) is 47.5 Å². The van der Waals surface area contributed by atoms with Crippen molar-refractivity contribution in [2.45, 2.75) is 36.5 Å². The number of carboxylic acids is 1. The third kappa shape index (κ3) is 4.76. The van der Waals surface area contributed by atoms with E-state index in [0.717, 1.165) is 44.3 Å². The molecule has 2 fully saturated rings. The first-order valence-electron chi connectivity index (χ1n) is 11.2. The normalized spacial score (nSPS) is 17.5. The molecule has 0 radical (unpaired) electrons. The van der Waals surface area contributed by atoms with Crippen molar-refractivity contribution in [3.8, 4) is 5.75 Å². The number of halogens is 1. The van der Waals surface area contributed by atoms with Crippen LogP contribution in [0, 0.1) is 11.7 Å². The SMILES string of the molecule is O=C(O)c1cc(C2CC2)c(OCC2CCN(Sc3ccc4ccccc4c3)CC2)cc1F. The lowest BCUT2D eigenvalue weighted by Crippen LogP contribution is -2.31. The van der Waals surface area contributed by atoms with Crippen LogP contribution in [0.4, 0.5) is 4.39 Å². The molecule has 1 aliphatic carbocycles. The van der Waals surface area contributed by atoms with Crippen molar-refractivity contribution in [1.29, 1.82) is 0 Å². The zero-order valence-electron chi connectivity index (χ0n) is 17.8. The molecular weight excluding hydrogens is 425 g/mol. The number of rotatable bonds is 7. The highest BCUT2D eigenvalue weighted by molar-refractivity contribution is 7.97. The van der Waals surface area contributed by atoms with Gasteiger partial charge in [0, 0.05) is 24.1 Å². The van der Waals surface area contributed by atoms with Gasteiger partial charge in [0.1, 0.15) is 11.6 Å². The van der Waals surface area contributed by atoms with Crippen LogP contribution in [-0.4, -0.2) is 35.1 Å². The summed E-state index contributed by atoms with van der Waals surface area (Å²) in [5, 5.41) is 11.7. The molecule has 1 saturated carbocycles. The highest BCUT2D eigenvalue weighted by Gasteiger charge is 2.30. The molecule has 1 saturated heterocycles. The van der Waals surface area contributed by atoms with E-state index < -0.39 is 11.8 Å². The van der Waals surface area contributed by atoms with Crippen LogP contribution in [-0.2, 0) is 0 Å². The lowest BCUT2D eigenvalue weighted by molar-refractivity contribution is 0.0691. The lowest BCUT2D eigenvalue weighted by atomic mass is 9.99. The number of benzene rings is 3. The molecule has 4 nitrogen and oxygen atoms in total. The second-order valence-corrected chi connectivity index (χ2v) is 9.90. The summed E-state index contributed by atoms with van der Waals surface area (Å²) in [4.78, 5) is 12.5. The Kier molecular flexibility index (Phi) is 6.07. The van der Waals surface area contributed by atoms with Gasteiger partial charge in [-0.1, -0.05) is 30.3 Å². The molecule has 0 amide bonds. The average Bonchev–Trinajstić information content (AvgIpc) is 3.64. The topological polar surface area (TPSA) is 49.8 Å². The van der Waals surface area contributed by atoms with Gasteiger partial charge in [-0.25, -0.2) is 13.5 Å². The molecule has 0 spiro atoms. The first kappa shape index (κ1) is 21.3. The molecule has 3 aromatic rings. The Morgan fingerprint density at radius 3 is 2.50 bits per heavy atom. The summed E-state index contributed by atoms with van der Waals surface area (Å²) in [5.74, 6) is -0.727. The van der Waals surface area contributed by atoms with Crippen LogP contribution in [0.25, 0.3) is 10.8 Å². The van der Waals surface area contributed by atoms with E-state index in [2.05, 4.69) is 46.8 Å². The van der Waals surface area contributed by atoms with Crippen LogP contribution < -0.4 is 4.74 Å². The molecule has 1 heterocycles. The predicted octanol–water partition coefficient (Wildman–Crippen LogP) is 6.35. The zero-order chi connectivity index (χ0) is 22.1. The number of carboxylic acid groups (broad SMARTS) is 1. The van der Waals surface area contributed by atoms with Crippen molar-refractivity contribution in [1.82, 2.24) is 4.31 Å². The first-order valence-corrected chi connectivity index (χ1v) is 12.0. The molecule has 1 N–H and O–H groups in total. The van der Waals surface area contributed by atoms with Gasteiger partial charge in [0.25, 0.3) is 0 Å². The molecule has 0 bridgehead atoms. The zero-order valence-corrected chi connectivity index (χ0v) is 18.6. The summed E-state index contributed by atoms with van der Waals surface area (Å²) in [6.45, 7) is 2.50. The van der Waals surface area contributed by atoms with Crippen LogP contribution in [0.2, 0.25) is 0 Å². The Balaban J connectivity index is 1.17. The van der Waals surface area contributed by atoms with E-state index >= 15 is 0 Å². The van der Waals surface area contributed by atoms with Crippen molar-refractivity contribution in [3.63, 3.8) is 0 Å². The molecule has 166 valence electrons. The Morgan fingerprint density at radius 1 is 1.03 bits per heavy atom. The van der Waals surface area contributed by atoms with E-state index in [9.17, 15) is 14.3 Å². The van der Waals surface area contributed by atoms with Gasteiger partial charge in [-0.2, -0.15) is 0 Å².